The Morgan fingerprint density at radius 1 is 1.11 bits per heavy atom. The Kier molecular flexibility index (Phi) is 2.90. The van der Waals surface area contributed by atoms with Gasteiger partial charge in [0.2, 0.25) is 11.8 Å². The van der Waals surface area contributed by atoms with Crippen molar-refractivity contribution < 1.29 is 9.59 Å². The van der Waals surface area contributed by atoms with Gasteiger partial charge in [-0.2, -0.15) is 0 Å². The molecule has 3 nitrogen and oxygen atoms in total. The number of rotatable bonds is 1. The van der Waals surface area contributed by atoms with Crippen molar-refractivity contribution in [2.24, 2.45) is 5.92 Å². The third kappa shape index (κ3) is 1.87. The monoisotopic (exact) mass is 317 g/mol. The highest BCUT2D eigenvalue weighted by atomic mass is 79.9. The molecular weight excluding hydrogens is 306 g/mol. The van der Waals surface area contributed by atoms with Crippen molar-refractivity contribution in [1.29, 1.82) is 0 Å². The van der Waals surface area contributed by atoms with Crippen LogP contribution in [0.2, 0.25) is 0 Å². The molecule has 1 saturated heterocycles. The van der Waals surface area contributed by atoms with E-state index in [9.17, 15) is 9.59 Å². The molecule has 1 aliphatic rings. The van der Waals surface area contributed by atoms with E-state index in [-0.39, 0.29) is 17.7 Å². The number of imide groups is 1. The molecule has 96 valence electrons. The van der Waals surface area contributed by atoms with Gasteiger partial charge in [-0.25, -0.2) is 4.90 Å². The molecule has 1 unspecified atom stereocenters. The number of hydrogen-bond acceptors (Lipinski definition) is 2. The number of carbonyl (C=O) groups is 2. The molecule has 2 aromatic carbocycles. The minimum absolute atomic E-state index is 0.113. The predicted octanol–water partition coefficient (Wildman–Crippen LogP) is 3.50. The SMILES string of the molecule is CC1CC(=O)N(c2ccc(Br)c3ccccc23)C1=O. The summed E-state index contributed by atoms with van der Waals surface area (Å²) in [7, 11) is 0. The van der Waals surface area contributed by atoms with Crippen molar-refractivity contribution in [2.75, 3.05) is 4.90 Å². The third-order valence-electron chi connectivity index (χ3n) is 3.46. The van der Waals surface area contributed by atoms with Crippen LogP contribution in [-0.4, -0.2) is 11.8 Å². The van der Waals surface area contributed by atoms with Gasteiger partial charge in [0, 0.05) is 22.2 Å². The molecule has 2 aromatic rings. The zero-order chi connectivity index (χ0) is 13.6. The van der Waals surface area contributed by atoms with Crippen molar-refractivity contribution in [1.82, 2.24) is 0 Å². The lowest BCUT2D eigenvalue weighted by molar-refractivity contribution is -0.122. The van der Waals surface area contributed by atoms with Crippen molar-refractivity contribution in [3.05, 3.63) is 40.9 Å². The van der Waals surface area contributed by atoms with Crippen LogP contribution in [-0.2, 0) is 9.59 Å². The van der Waals surface area contributed by atoms with E-state index < -0.39 is 0 Å². The summed E-state index contributed by atoms with van der Waals surface area (Å²) in [4.78, 5) is 25.5. The highest BCUT2D eigenvalue weighted by Gasteiger charge is 2.37. The van der Waals surface area contributed by atoms with Gasteiger partial charge in [0.05, 0.1) is 5.69 Å². The zero-order valence-electron chi connectivity index (χ0n) is 10.4. The van der Waals surface area contributed by atoms with Gasteiger partial charge in [-0.1, -0.05) is 47.1 Å². The zero-order valence-corrected chi connectivity index (χ0v) is 12.0. The number of anilines is 1. The summed E-state index contributed by atoms with van der Waals surface area (Å²) in [5.74, 6) is -0.461. The average Bonchev–Trinajstić information content (AvgIpc) is 2.65. The van der Waals surface area contributed by atoms with Crippen LogP contribution in [0.25, 0.3) is 10.8 Å². The molecule has 1 fully saturated rings. The van der Waals surface area contributed by atoms with Gasteiger partial charge in [0.1, 0.15) is 0 Å². The number of benzene rings is 2. The molecule has 0 radical (unpaired) electrons. The van der Waals surface area contributed by atoms with Crippen LogP contribution in [0.3, 0.4) is 0 Å². The first-order valence-corrected chi connectivity index (χ1v) is 6.93. The molecular formula is C15H12BrNO2. The number of fused-ring (bicyclic) bond motifs is 1. The summed E-state index contributed by atoms with van der Waals surface area (Å²) in [5, 5.41) is 1.91. The maximum atomic E-state index is 12.1. The van der Waals surface area contributed by atoms with Crippen LogP contribution in [0.15, 0.2) is 40.9 Å². The van der Waals surface area contributed by atoms with Crippen LogP contribution in [0, 0.1) is 5.92 Å². The Bertz CT molecular complexity index is 696. The number of hydrogen-bond donors (Lipinski definition) is 0. The Morgan fingerprint density at radius 2 is 1.79 bits per heavy atom. The van der Waals surface area contributed by atoms with E-state index in [1.54, 1.807) is 6.92 Å². The Labute approximate surface area is 119 Å². The standard InChI is InChI=1S/C15H12BrNO2/c1-9-8-14(18)17(15(9)19)13-7-6-12(16)10-4-2-3-5-11(10)13/h2-7,9H,8H2,1H3. The molecule has 0 N–H and O–H groups in total. The average molecular weight is 318 g/mol. The molecule has 3 rings (SSSR count). The fourth-order valence-electron chi connectivity index (χ4n) is 2.48. The van der Waals surface area contributed by atoms with E-state index in [0.717, 1.165) is 15.2 Å². The minimum atomic E-state index is -0.227. The van der Waals surface area contributed by atoms with E-state index in [1.165, 1.54) is 4.90 Å². The van der Waals surface area contributed by atoms with Crippen LogP contribution >= 0.6 is 15.9 Å². The largest absolute Gasteiger partial charge is 0.274 e. The number of nitrogens with zero attached hydrogens (tertiary/aromatic N) is 1. The van der Waals surface area contributed by atoms with Crippen LogP contribution in [0.1, 0.15) is 13.3 Å². The molecule has 1 heterocycles. The highest BCUT2D eigenvalue weighted by Crippen LogP contribution is 2.35. The van der Waals surface area contributed by atoms with E-state index in [1.807, 2.05) is 36.4 Å². The Hall–Kier alpha value is -1.68. The Balaban J connectivity index is 2.24. The normalized spacial score (nSPS) is 19.5. The minimum Gasteiger partial charge on any atom is -0.274 e. The smallest absolute Gasteiger partial charge is 0.237 e. The van der Waals surface area contributed by atoms with Crippen molar-refractivity contribution in [3.63, 3.8) is 0 Å². The molecule has 0 saturated carbocycles. The first-order valence-electron chi connectivity index (χ1n) is 6.13. The topological polar surface area (TPSA) is 37.4 Å². The van der Waals surface area contributed by atoms with Crippen molar-refractivity contribution in [3.8, 4) is 0 Å². The molecule has 0 spiro atoms. The van der Waals surface area contributed by atoms with Crippen LogP contribution < -0.4 is 4.90 Å². The Morgan fingerprint density at radius 3 is 2.42 bits per heavy atom. The van der Waals surface area contributed by atoms with Gasteiger partial charge < -0.3 is 0 Å². The van der Waals surface area contributed by atoms with Crippen molar-refractivity contribution >= 4 is 44.2 Å². The van der Waals surface area contributed by atoms with Crippen LogP contribution in [0.4, 0.5) is 5.69 Å². The second kappa shape index (κ2) is 4.46. The molecule has 0 aromatic heterocycles. The number of amides is 2. The van der Waals surface area contributed by atoms with Gasteiger partial charge in [0.15, 0.2) is 0 Å². The first kappa shape index (κ1) is 12.4. The number of carbonyl (C=O) groups excluding carboxylic acids is 2. The van der Waals surface area contributed by atoms with E-state index in [0.29, 0.717) is 12.1 Å². The molecule has 4 heteroatoms. The molecule has 1 aliphatic heterocycles. The summed E-state index contributed by atoms with van der Waals surface area (Å²) in [6.07, 6.45) is 0.295. The maximum Gasteiger partial charge on any atom is 0.237 e. The van der Waals surface area contributed by atoms with Gasteiger partial charge in [0.25, 0.3) is 0 Å². The molecule has 19 heavy (non-hydrogen) atoms. The van der Waals surface area contributed by atoms with Gasteiger partial charge in [-0.15, -0.1) is 0 Å². The fraction of sp³-hybridized carbons (Fsp3) is 0.200. The summed E-state index contributed by atoms with van der Waals surface area (Å²) >= 11 is 3.49. The summed E-state index contributed by atoms with van der Waals surface area (Å²) in [6.45, 7) is 1.79. The fourth-order valence-corrected chi connectivity index (χ4v) is 2.96. The lowest BCUT2D eigenvalue weighted by Gasteiger charge is -2.17. The summed E-state index contributed by atoms with van der Waals surface area (Å²) < 4.78 is 0.957. The molecule has 2 amide bonds. The van der Waals surface area contributed by atoms with Crippen molar-refractivity contribution in [2.45, 2.75) is 13.3 Å². The molecule has 0 aliphatic carbocycles. The second-order valence-corrected chi connectivity index (χ2v) is 5.64. The predicted molar refractivity (Wildman–Crippen MR) is 77.9 cm³/mol. The van der Waals surface area contributed by atoms with Gasteiger partial charge in [-0.3, -0.25) is 9.59 Å². The molecule has 0 bridgehead atoms. The summed E-state index contributed by atoms with van der Waals surface area (Å²) in [6, 6.07) is 11.4. The highest BCUT2D eigenvalue weighted by molar-refractivity contribution is 9.10. The lowest BCUT2D eigenvalue weighted by Crippen LogP contribution is -2.30. The van der Waals surface area contributed by atoms with E-state index in [4.69, 9.17) is 0 Å². The van der Waals surface area contributed by atoms with E-state index in [2.05, 4.69) is 15.9 Å². The third-order valence-corrected chi connectivity index (χ3v) is 4.15. The lowest BCUT2D eigenvalue weighted by atomic mass is 10.1. The van der Waals surface area contributed by atoms with Crippen LogP contribution in [0.5, 0.6) is 0 Å². The maximum absolute atomic E-state index is 12.1. The van der Waals surface area contributed by atoms with Gasteiger partial charge >= 0.3 is 0 Å². The number of halogens is 1. The summed E-state index contributed by atoms with van der Waals surface area (Å²) in [5.41, 5.74) is 0.679. The first-order chi connectivity index (χ1) is 9.09. The quantitative estimate of drug-likeness (QED) is 0.755. The van der Waals surface area contributed by atoms with E-state index >= 15 is 0 Å². The molecule has 1 atom stereocenters. The van der Waals surface area contributed by atoms with Gasteiger partial charge in [-0.05, 0) is 17.5 Å². The second-order valence-electron chi connectivity index (χ2n) is 4.78.